The largest absolute Gasteiger partial charge is 0.345 e. The molecular formula is C6H3ClNS. The predicted molar refractivity (Wildman–Crippen MR) is 40.0 cm³/mol. The molecule has 1 radical (unpaired) electrons. The van der Waals surface area contributed by atoms with Gasteiger partial charge in [0, 0.05) is 5.39 Å². The van der Waals surface area contributed by atoms with Gasteiger partial charge in [0.2, 0.25) is 0 Å². The Morgan fingerprint density at radius 1 is 1.67 bits per heavy atom. The fourth-order valence-corrected chi connectivity index (χ4v) is 1.83. The maximum absolute atomic E-state index is 5.71. The zero-order valence-corrected chi connectivity index (χ0v) is 6.01. The fraction of sp³-hybridized carbons (Fsp3) is 0. The number of nitrogens with one attached hydrogen (secondary N) is 1. The van der Waals surface area contributed by atoms with Crippen molar-refractivity contribution in [3.8, 4) is 0 Å². The Hall–Kier alpha value is -0.470. The molecule has 2 aromatic rings. The summed E-state index contributed by atoms with van der Waals surface area (Å²) in [5.74, 6) is 0. The summed E-state index contributed by atoms with van der Waals surface area (Å²) in [5, 5.41) is 1.14. The van der Waals surface area contributed by atoms with Crippen molar-refractivity contribution in [1.29, 1.82) is 0 Å². The summed E-state index contributed by atoms with van der Waals surface area (Å²) in [6.07, 6.45) is 2.87. The van der Waals surface area contributed by atoms with E-state index in [4.69, 9.17) is 11.6 Å². The number of rotatable bonds is 0. The number of thiophene rings is 1. The average Bonchev–Trinajstić information content (AvgIpc) is 2.22. The molecule has 0 saturated heterocycles. The summed E-state index contributed by atoms with van der Waals surface area (Å²) >= 11 is 7.25. The van der Waals surface area contributed by atoms with Crippen LogP contribution in [0.3, 0.4) is 0 Å². The van der Waals surface area contributed by atoms with Gasteiger partial charge in [-0.2, -0.15) is 0 Å². The van der Waals surface area contributed by atoms with E-state index in [9.17, 15) is 0 Å². The molecule has 1 nitrogen and oxygen atoms in total. The SMILES string of the molecule is Clc1cc2c[c][nH]c2s1. The van der Waals surface area contributed by atoms with Gasteiger partial charge in [0.25, 0.3) is 0 Å². The Bertz CT molecular complexity index is 294. The number of aromatic nitrogens is 1. The minimum Gasteiger partial charge on any atom is -0.345 e. The number of hydrogen-bond acceptors (Lipinski definition) is 1. The summed E-state index contributed by atoms with van der Waals surface area (Å²) in [6.45, 7) is 0. The highest BCUT2D eigenvalue weighted by atomic mass is 35.5. The van der Waals surface area contributed by atoms with E-state index in [0.29, 0.717) is 0 Å². The molecule has 0 saturated carbocycles. The molecule has 0 amide bonds. The van der Waals surface area contributed by atoms with E-state index < -0.39 is 0 Å². The smallest absolute Gasteiger partial charge is 0.102 e. The standard InChI is InChI=1S/C6H3ClNS/c7-5-3-4-1-2-8-6(4)9-5/h1,3,8H. The fourth-order valence-electron chi connectivity index (χ4n) is 0.758. The van der Waals surface area contributed by atoms with Crippen LogP contribution in [0.5, 0.6) is 0 Å². The Labute approximate surface area is 61.3 Å². The van der Waals surface area contributed by atoms with Crippen molar-refractivity contribution in [1.82, 2.24) is 4.98 Å². The zero-order chi connectivity index (χ0) is 6.27. The number of fused-ring (bicyclic) bond motifs is 1. The molecule has 2 heterocycles. The predicted octanol–water partition coefficient (Wildman–Crippen LogP) is 2.68. The minimum atomic E-state index is 0.824. The van der Waals surface area contributed by atoms with Crippen LogP contribution < -0.4 is 0 Å². The van der Waals surface area contributed by atoms with Crippen LogP contribution in [0, 0.1) is 6.20 Å². The highest BCUT2D eigenvalue weighted by Gasteiger charge is 1.97. The molecule has 0 aliphatic carbocycles. The Kier molecular flexibility index (Phi) is 1.04. The van der Waals surface area contributed by atoms with Gasteiger partial charge in [0.15, 0.2) is 0 Å². The molecule has 0 fully saturated rings. The van der Waals surface area contributed by atoms with Crippen molar-refractivity contribution in [2.45, 2.75) is 0 Å². The Morgan fingerprint density at radius 3 is 3.33 bits per heavy atom. The van der Waals surface area contributed by atoms with Crippen molar-refractivity contribution < 1.29 is 0 Å². The maximum atomic E-state index is 5.71. The summed E-state index contributed by atoms with van der Waals surface area (Å²) in [6, 6.07) is 3.81. The first kappa shape index (κ1) is 5.33. The summed E-state index contributed by atoms with van der Waals surface area (Å²) in [4.78, 5) is 4.05. The van der Waals surface area contributed by atoms with Crippen LogP contribution in [0.25, 0.3) is 10.2 Å². The Balaban J connectivity index is 2.92. The lowest BCUT2D eigenvalue weighted by Gasteiger charge is -1.68. The monoisotopic (exact) mass is 156 g/mol. The first-order valence-corrected chi connectivity index (χ1v) is 3.70. The van der Waals surface area contributed by atoms with E-state index in [1.165, 1.54) is 11.3 Å². The first-order chi connectivity index (χ1) is 4.36. The van der Waals surface area contributed by atoms with Crippen LogP contribution in [-0.2, 0) is 0 Å². The van der Waals surface area contributed by atoms with Gasteiger partial charge in [0.05, 0.1) is 10.5 Å². The van der Waals surface area contributed by atoms with Crippen molar-refractivity contribution in [3.05, 3.63) is 22.7 Å². The van der Waals surface area contributed by atoms with E-state index in [2.05, 4.69) is 11.2 Å². The van der Waals surface area contributed by atoms with Gasteiger partial charge >= 0.3 is 0 Å². The highest BCUT2D eigenvalue weighted by Crippen LogP contribution is 2.27. The van der Waals surface area contributed by atoms with Crippen molar-refractivity contribution >= 4 is 33.2 Å². The Morgan fingerprint density at radius 2 is 2.56 bits per heavy atom. The third-order valence-electron chi connectivity index (χ3n) is 1.14. The normalized spacial score (nSPS) is 10.8. The summed E-state index contributed by atoms with van der Waals surface area (Å²) < 4.78 is 0.824. The van der Waals surface area contributed by atoms with Gasteiger partial charge in [0.1, 0.15) is 4.83 Å². The highest BCUT2D eigenvalue weighted by molar-refractivity contribution is 7.22. The van der Waals surface area contributed by atoms with E-state index in [0.717, 1.165) is 14.6 Å². The summed E-state index contributed by atoms with van der Waals surface area (Å²) in [5.41, 5.74) is 0. The van der Waals surface area contributed by atoms with Gasteiger partial charge in [-0.05, 0) is 12.1 Å². The third-order valence-corrected chi connectivity index (χ3v) is 2.34. The second-order valence-electron chi connectivity index (χ2n) is 1.75. The lowest BCUT2D eigenvalue weighted by molar-refractivity contribution is 1.48. The number of halogens is 1. The van der Waals surface area contributed by atoms with Crippen LogP contribution in [0.4, 0.5) is 0 Å². The third kappa shape index (κ3) is 0.749. The topological polar surface area (TPSA) is 15.8 Å². The zero-order valence-electron chi connectivity index (χ0n) is 4.44. The average molecular weight is 157 g/mol. The lowest BCUT2D eigenvalue weighted by atomic mass is 10.4. The van der Waals surface area contributed by atoms with E-state index in [1.807, 2.05) is 12.1 Å². The quantitative estimate of drug-likeness (QED) is 0.604. The van der Waals surface area contributed by atoms with Crippen LogP contribution >= 0.6 is 22.9 Å². The molecule has 0 aliphatic heterocycles. The molecule has 0 atom stereocenters. The molecule has 0 aromatic carbocycles. The molecule has 0 spiro atoms. The van der Waals surface area contributed by atoms with Crippen molar-refractivity contribution in [3.63, 3.8) is 0 Å². The second-order valence-corrected chi connectivity index (χ2v) is 3.43. The molecule has 2 rings (SSSR count). The number of hydrogen-bond donors (Lipinski definition) is 1. The molecule has 9 heavy (non-hydrogen) atoms. The van der Waals surface area contributed by atoms with E-state index >= 15 is 0 Å². The minimum absolute atomic E-state index is 0.824. The molecule has 45 valence electrons. The molecule has 3 heteroatoms. The molecule has 0 bridgehead atoms. The second kappa shape index (κ2) is 1.75. The number of aromatic amines is 1. The molecule has 1 N–H and O–H groups in total. The van der Waals surface area contributed by atoms with Gasteiger partial charge in [-0.3, -0.25) is 0 Å². The molecule has 0 aliphatic rings. The van der Waals surface area contributed by atoms with E-state index in [1.54, 1.807) is 0 Å². The van der Waals surface area contributed by atoms with Gasteiger partial charge < -0.3 is 4.98 Å². The van der Waals surface area contributed by atoms with Crippen molar-refractivity contribution in [2.75, 3.05) is 0 Å². The van der Waals surface area contributed by atoms with Gasteiger partial charge in [-0.25, -0.2) is 0 Å². The molecular weight excluding hydrogens is 154 g/mol. The van der Waals surface area contributed by atoms with Gasteiger partial charge in [-0.15, -0.1) is 11.3 Å². The maximum Gasteiger partial charge on any atom is 0.102 e. The van der Waals surface area contributed by atoms with E-state index in [-0.39, 0.29) is 0 Å². The first-order valence-electron chi connectivity index (χ1n) is 2.50. The van der Waals surface area contributed by atoms with Crippen LogP contribution in [0.2, 0.25) is 4.34 Å². The lowest BCUT2D eigenvalue weighted by Crippen LogP contribution is -1.47. The molecule has 0 unspecified atom stereocenters. The molecule has 2 aromatic heterocycles. The number of H-pyrrole nitrogens is 1. The van der Waals surface area contributed by atoms with Crippen LogP contribution in [0.15, 0.2) is 12.1 Å². The van der Waals surface area contributed by atoms with Gasteiger partial charge in [-0.1, -0.05) is 11.6 Å². The summed E-state index contributed by atoms with van der Waals surface area (Å²) in [7, 11) is 0. The van der Waals surface area contributed by atoms with Crippen LogP contribution in [-0.4, -0.2) is 4.98 Å². The van der Waals surface area contributed by atoms with Crippen LogP contribution in [0.1, 0.15) is 0 Å². The van der Waals surface area contributed by atoms with Crippen molar-refractivity contribution in [2.24, 2.45) is 0 Å².